The predicted octanol–water partition coefficient (Wildman–Crippen LogP) is 4.42. The smallest absolute Gasteiger partial charge is 0.407 e. The van der Waals surface area contributed by atoms with Gasteiger partial charge in [-0.1, -0.05) is 51.1 Å². The van der Waals surface area contributed by atoms with Crippen molar-refractivity contribution >= 4 is 6.09 Å². The maximum atomic E-state index is 11.9. The van der Waals surface area contributed by atoms with Crippen LogP contribution in [0.1, 0.15) is 66.0 Å². The second-order valence-electron chi connectivity index (χ2n) is 8.99. The highest BCUT2D eigenvalue weighted by Crippen LogP contribution is 2.33. The second kappa shape index (κ2) is 7.14. The number of carbonyl (C=O) groups excluding carboxylic acids is 1. The number of alkyl carbamates (subject to hydrolysis) is 1. The van der Waals surface area contributed by atoms with Crippen molar-refractivity contribution in [3.63, 3.8) is 0 Å². The Morgan fingerprint density at radius 2 is 1.75 bits per heavy atom. The van der Waals surface area contributed by atoms with Gasteiger partial charge in [0.05, 0.1) is 0 Å². The first-order valence-electron chi connectivity index (χ1n) is 8.84. The third kappa shape index (κ3) is 6.52. The van der Waals surface area contributed by atoms with E-state index in [1.807, 2.05) is 26.8 Å². The first-order chi connectivity index (χ1) is 11.0. The molecule has 134 valence electrons. The molecule has 0 heterocycles. The Kier molecular flexibility index (Phi) is 5.59. The maximum absolute atomic E-state index is 11.9. The maximum Gasteiger partial charge on any atom is 0.407 e. The summed E-state index contributed by atoms with van der Waals surface area (Å²) in [6.07, 6.45) is 1.67. The standard InChI is InChI=1S/C20H32N2O2/c1-19(2,3)13-17(14-10-8-7-9-11-14)21-15-12-16(15)22-18(23)24-20(4,5)6/h7-11,15-17,21H,12-13H2,1-6H3,(H,22,23). The summed E-state index contributed by atoms with van der Waals surface area (Å²) in [5, 5.41) is 6.67. The summed E-state index contributed by atoms with van der Waals surface area (Å²) in [6, 6.07) is 11.3. The van der Waals surface area contributed by atoms with Gasteiger partial charge < -0.3 is 15.4 Å². The van der Waals surface area contributed by atoms with Crippen LogP contribution in [0.5, 0.6) is 0 Å². The number of benzene rings is 1. The summed E-state index contributed by atoms with van der Waals surface area (Å²) in [5.74, 6) is 0. The minimum Gasteiger partial charge on any atom is -0.444 e. The summed E-state index contributed by atoms with van der Waals surface area (Å²) in [5.41, 5.74) is 1.08. The summed E-state index contributed by atoms with van der Waals surface area (Å²) in [7, 11) is 0. The van der Waals surface area contributed by atoms with E-state index in [0.29, 0.717) is 12.1 Å². The van der Waals surface area contributed by atoms with Gasteiger partial charge in [-0.2, -0.15) is 0 Å². The van der Waals surface area contributed by atoms with E-state index < -0.39 is 5.60 Å². The minimum absolute atomic E-state index is 0.158. The fourth-order valence-corrected chi connectivity index (χ4v) is 2.83. The quantitative estimate of drug-likeness (QED) is 0.839. The van der Waals surface area contributed by atoms with Gasteiger partial charge in [-0.3, -0.25) is 0 Å². The Morgan fingerprint density at radius 1 is 1.12 bits per heavy atom. The SMILES string of the molecule is CC(C)(C)CC(NC1CC1NC(=O)OC(C)(C)C)c1ccccc1. The average Bonchev–Trinajstić information content (AvgIpc) is 3.13. The molecule has 2 N–H and O–H groups in total. The molecule has 0 radical (unpaired) electrons. The van der Waals surface area contributed by atoms with Gasteiger partial charge in [-0.25, -0.2) is 4.79 Å². The zero-order chi connectivity index (χ0) is 18.0. The largest absolute Gasteiger partial charge is 0.444 e. The van der Waals surface area contributed by atoms with Crippen molar-refractivity contribution in [1.82, 2.24) is 10.6 Å². The molecule has 1 aliphatic carbocycles. The van der Waals surface area contributed by atoms with Crippen LogP contribution in [-0.4, -0.2) is 23.8 Å². The van der Waals surface area contributed by atoms with Gasteiger partial charge in [-0.15, -0.1) is 0 Å². The van der Waals surface area contributed by atoms with Crippen LogP contribution < -0.4 is 10.6 Å². The number of nitrogens with one attached hydrogen (secondary N) is 2. The van der Waals surface area contributed by atoms with Crippen molar-refractivity contribution in [2.75, 3.05) is 0 Å². The van der Waals surface area contributed by atoms with E-state index in [1.54, 1.807) is 0 Å². The molecule has 1 fully saturated rings. The predicted molar refractivity (Wildman–Crippen MR) is 98.0 cm³/mol. The minimum atomic E-state index is -0.458. The van der Waals surface area contributed by atoms with E-state index in [2.05, 4.69) is 55.7 Å². The Morgan fingerprint density at radius 3 is 2.29 bits per heavy atom. The summed E-state index contributed by atoms with van der Waals surface area (Å²) in [6.45, 7) is 12.4. The van der Waals surface area contributed by atoms with E-state index in [9.17, 15) is 4.79 Å². The van der Waals surface area contributed by atoms with Gasteiger partial charge in [-0.05, 0) is 44.6 Å². The van der Waals surface area contributed by atoms with Crippen LogP contribution >= 0.6 is 0 Å². The van der Waals surface area contributed by atoms with Crippen molar-refractivity contribution in [3.8, 4) is 0 Å². The third-order valence-electron chi connectivity index (χ3n) is 3.93. The van der Waals surface area contributed by atoms with Crippen LogP contribution in [0.25, 0.3) is 0 Å². The molecule has 0 aromatic heterocycles. The normalized spacial score (nSPS) is 21.9. The molecule has 0 spiro atoms. The molecular formula is C20H32N2O2. The number of carbonyl (C=O) groups is 1. The number of ether oxygens (including phenoxy) is 1. The number of amides is 1. The molecule has 1 aromatic rings. The van der Waals surface area contributed by atoms with E-state index in [4.69, 9.17) is 4.74 Å². The molecule has 0 saturated heterocycles. The first-order valence-corrected chi connectivity index (χ1v) is 8.84. The van der Waals surface area contributed by atoms with Gasteiger partial charge >= 0.3 is 6.09 Å². The molecule has 3 atom stereocenters. The zero-order valence-electron chi connectivity index (χ0n) is 15.8. The molecule has 0 aliphatic heterocycles. The van der Waals surface area contributed by atoms with Crippen LogP contribution in [0.3, 0.4) is 0 Å². The molecule has 2 rings (SSSR count). The molecule has 4 heteroatoms. The summed E-state index contributed by atoms with van der Waals surface area (Å²) in [4.78, 5) is 11.9. The van der Waals surface area contributed by atoms with Crippen molar-refractivity contribution < 1.29 is 9.53 Å². The van der Waals surface area contributed by atoms with Gasteiger partial charge in [0, 0.05) is 18.1 Å². The van der Waals surface area contributed by atoms with E-state index in [-0.39, 0.29) is 17.6 Å². The molecule has 4 nitrogen and oxygen atoms in total. The number of rotatable bonds is 5. The van der Waals surface area contributed by atoms with Crippen LogP contribution in [-0.2, 0) is 4.74 Å². The van der Waals surface area contributed by atoms with Crippen LogP contribution in [0, 0.1) is 5.41 Å². The Hall–Kier alpha value is -1.55. The van der Waals surface area contributed by atoms with Gasteiger partial charge in [0.2, 0.25) is 0 Å². The Bertz CT molecular complexity index is 543. The van der Waals surface area contributed by atoms with Gasteiger partial charge in [0.1, 0.15) is 5.60 Å². The summed E-state index contributed by atoms with van der Waals surface area (Å²) >= 11 is 0. The molecule has 24 heavy (non-hydrogen) atoms. The highest BCUT2D eigenvalue weighted by atomic mass is 16.6. The highest BCUT2D eigenvalue weighted by Gasteiger charge is 2.41. The first kappa shape index (κ1) is 18.8. The lowest BCUT2D eigenvalue weighted by molar-refractivity contribution is 0.0521. The highest BCUT2D eigenvalue weighted by molar-refractivity contribution is 5.68. The van der Waals surface area contributed by atoms with Gasteiger partial charge in [0.25, 0.3) is 0 Å². The zero-order valence-corrected chi connectivity index (χ0v) is 15.8. The Balaban J connectivity index is 1.91. The van der Waals surface area contributed by atoms with Crippen molar-refractivity contribution in [2.24, 2.45) is 5.41 Å². The number of hydrogen-bond acceptors (Lipinski definition) is 3. The molecule has 0 bridgehead atoms. The molecule has 1 aromatic carbocycles. The van der Waals surface area contributed by atoms with Crippen molar-refractivity contribution in [1.29, 1.82) is 0 Å². The molecule has 3 unspecified atom stereocenters. The third-order valence-corrected chi connectivity index (χ3v) is 3.93. The molecule has 1 amide bonds. The Labute approximate surface area is 146 Å². The lowest BCUT2D eigenvalue weighted by Gasteiger charge is -2.27. The molecule has 1 aliphatic rings. The lowest BCUT2D eigenvalue weighted by Crippen LogP contribution is -2.37. The average molecular weight is 332 g/mol. The van der Waals surface area contributed by atoms with E-state index in [1.165, 1.54) is 5.56 Å². The number of hydrogen-bond donors (Lipinski definition) is 2. The van der Waals surface area contributed by atoms with Crippen LogP contribution in [0.4, 0.5) is 4.79 Å². The van der Waals surface area contributed by atoms with Gasteiger partial charge in [0.15, 0.2) is 0 Å². The van der Waals surface area contributed by atoms with E-state index >= 15 is 0 Å². The van der Waals surface area contributed by atoms with Crippen molar-refractivity contribution in [3.05, 3.63) is 35.9 Å². The van der Waals surface area contributed by atoms with Crippen LogP contribution in [0.15, 0.2) is 30.3 Å². The lowest BCUT2D eigenvalue weighted by atomic mass is 9.85. The topological polar surface area (TPSA) is 50.4 Å². The molecule has 1 saturated carbocycles. The van der Waals surface area contributed by atoms with E-state index in [0.717, 1.165) is 12.8 Å². The van der Waals surface area contributed by atoms with Crippen molar-refractivity contribution in [2.45, 2.75) is 78.1 Å². The molecular weight excluding hydrogens is 300 g/mol. The fraction of sp³-hybridized carbons (Fsp3) is 0.650. The fourth-order valence-electron chi connectivity index (χ4n) is 2.83. The second-order valence-corrected chi connectivity index (χ2v) is 8.99. The monoisotopic (exact) mass is 332 g/mol. The van der Waals surface area contributed by atoms with Crippen LogP contribution in [0.2, 0.25) is 0 Å². The summed E-state index contributed by atoms with van der Waals surface area (Å²) < 4.78 is 5.33.